The number of nitrogens with zero attached hydrogens (tertiary/aromatic N) is 2. The fraction of sp³-hybridized carbons (Fsp3) is 0.158. The molecule has 1 N–H and O–H groups in total. The molecular weight excluding hydrogens is 435 g/mol. The van der Waals surface area contributed by atoms with Gasteiger partial charge in [-0.3, -0.25) is 4.79 Å². The van der Waals surface area contributed by atoms with Crippen LogP contribution in [0.4, 0.5) is 36.4 Å². The fourth-order valence-electron chi connectivity index (χ4n) is 2.60. The molecule has 2 aromatic carbocycles. The van der Waals surface area contributed by atoms with Gasteiger partial charge >= 0.3 is 12.4 Å². The van der Waals surface area contributed by atoms with Gasteiger partial charge in [0.1, 0.15) is 17.1 Å². The van der Waals surface area contributed by atoms with Crippen molar-refractivity contribution in [1.82, 2.24) is 9.78 Å². The molecule has 0 aliphatic rings. The van der Waals surface area contributed by atoms with Crippen molar-refractivity contribution in [2.75, 3.05) is 5.32 Å². The summed E-state index contributed by atoms with van der Waals surface area (Å²) >= 11 is 0. The van der Waals surface area contributed by atoms with E-state index in [1.807, 2.05) is 0 Å². The van der Waals surface area contributed by atoms with Gasteiger partial charge < -0.3 is 10.1 Å². The molecule has 31 heavy (non-hydrogen) atoms. The quantitative estimate of drug-likeness (QED) is 0.527. The van der Waals surface area contributed by atoms with E-state index in [2.05, 4.69) is 10.4 Å². The van der Waals surface area contributed by atoms with E-state index in [9.17, 15) is 35.5 Å². The van der Waals surface area contributed by atoms with Crippen LogP contribution in [0.1, 0.15) is 21.6 Å². The molecule has 164 valence electrons. The standard InChI is InChI=1S/C19H12F7N3O2/c1-29-17(31-13-4-2-3-10(9-13)18(21,22)23)14(15(28-29)19(24,25)26)16(30)27-12-7-5-11(20)6-8-12/h2-9H,1H3,(H,27,30). The lowest BCUT2D eigenvalue weighted by molar-refractivity contribution is -0.141. The monoisotopic (exact) mass is 447 g/mol. The summed E-state index contributed by atoms with van der Waals surface area (Å²) in [6.45, 7) is 0. The highest BCUT2D eigenvalue weighted by molar-refractivity contribution is 6.07. The molecule has 0 saturated carbocycles. The van der Waals surface area contributed by atoms with Crippen LogP contribution in [0, 0.1) is 5.82 Å². The zero-order chi connectivity index (χ0) is 23.0. The molecule has 0 spiro atoms. The van der Waals surface area contributed by atoms with Crippen molar-refractivity contribution >= 4 is 11.6 Å². The summed E-state index contributed by atoms with van der Waals surface area (Å²) in [6, 6.07) is 7.58. The average Bonchev–Trinajstić information content (AvgIpc) is 3.00. The Balaban J connectivity index is 2.03. The molecule has 5 nitrogen and oxygen atoms in total. The van der Waals surface area contributed by atoms with E-state index in [4.69, 9.17) is 4.74 Å². The molecule has 3 aromatic rings. The van der Waals surface area contributed by atoms with Crippen LogP contribution in [0.5, 0.6) is 11.6 Å². The Morgan fingerprint density at radius 1 is 1.00 bits per heavy atom. The maximum Gasteiger partial charge on any atom is 0.436 e. The number of anilines is 1. The van der Waals surface area contributed by atoms with Crippen LogP contribution in [0.2, 0.25) is 0 Å². The van der Waals surface area contributed by atoms with Crippen molar-refractivity contribution in [2.24, 2.45) is 7.05 Å². The summed E-state index contributed by atoms with van der Waals surface area (Å²) in [5.41, 5.74) is -3.76. The van der Waals surface area contributed by atoms with Gasteiger partial charge in [0.2, 0.25) is 5.88 Å². The van der Waals surface area contributed by atoms with Gasteiger partial charge in [0.25, 0.3) is 5.91 Å². The Morgan fingerprint density at radius 2 is 1.65 bits per heavy atom. The van der Waals surface area contributed by atoms with Crippen molar-refractivity contribution in [1.29, 1.82) is 0 Å². The topological polar surface area (TPSA) is 56.2 Å². The van der Waals surface area contributed by atoms with Crippen LogP contribution >= 0.6 is 0 Å². The third kappa shape index (κ3) is 4.95. The molecule has 0 fully saturated rings. The summed E-state index contributed by atoms with van der Waals surface area (Å²) in [6.07, 6.45) is -9.78. The summed E-state index contributed by atoms with van der Waals surface area (Å²) in [7, 11) is 1.03. The van der Waals surface area contributed by atoms with Gasteiger partial charge in [-0.2, -0.15) is 31.4 Å². The molecule has 3 rings (SSSR count). The van der Waals surface area contributed by atoms with Gasteiger partial charge in [0, 0.05) is 12.7 Å². The van der Waals surface area contributed by atoms with Crippen LogP contribution in [0.3, 0.4) is 0 Å². The van der Waals surface area contributed by atoms with Crippen LogP contribution in [-0.2, 0) is 19.4 Å². The highest BCUT2D eigenvalue weighted by Crippen LogP contribution is 2.38. The Labute approximate surface area is 170 Å². The van der Waals surface area contributed by atoms with Crippen LogP contribution in [0.15, 0.2) is 48.5 Å². The molecule has 0 saturated heterocycles. The average molecular weight is 447 g/mol. The van der Waals surface area contributed by atoms with Crippen molar-refractivity contribution < 1.29 is 40.3 Å². The first kappa shape index (κ1) is 22.1. The first-order valence-electron chi connectivity index (χ1n) is 8.42. The SMILES string of the molecule is Cn1nc(C(F)(F)F)c(C(=O)Nc2ccc(F)cc2)c1Oc1cccc(C(F)(F)F)c1. The van der Waals surface area contributed by atoms with Crippen molar-refractivity contribution in [3.8, 4) is 11.6 Å². The first-order chi connectivity index (χ1) is 14.4. The van der Waals surface area contributed by atoms with Crippen LogP contribution in [0.25, 0.3) is 0 Å². The summed E-state index contributed by atoms with van der Waals surface area (Å²) in [5.74, 6) is -3.12. The highest BCUT2D eigenvalue weighted by Gasteiger charge is 2.42. The van der Waals surface area contributed by atoms with Gasteiger partial charge in [0.15, 0.2) is 5.69 Å². The molecule has 0 aliphatic heterocycles. The van der Waals surface area contributed by atoms with E-state index in [1.165, 1.54) is 0 Å². The Morgan fingerprint density at radius 3 is 2.23 bits per heavy atom. The molecule has 0 aliphatic carbocycles. The van der Waals surface area contributed by atoms with Crippen molar-refractivity contribution in [3.63, 3.8) is 0 Å². The number of hydrogen-bond acceptors (Lipinski definition) is 3. The zero-order valence-corrected chi connectivity index (χ0v) is 15.5. The van der Waals surface area contributed by atoms with Gasteiger partial charge in [-0.05, 0) is 42.5 Å². The maximum atomic E-state index is 13.4. The highest BCUT2D eigenvalue weighted by atomic mass is 19.4. The van der Waals surface area contributed by atoms with Crippen molar-refractivity contribution in [2.45, 2.75) is 12.4 Å². The number of carbonyl (C=O) groups is 1. The van der Waals surface area contributed by atoms with E-state index in [0.29, 0.717) is 10.7 Å². The van der Waals surface area contributed by atoms with E-state index >= 15 is 0 Å². The lowest BCUT2D eigenvalue weighted by Crippen LogP contribution is -2.18. The predicted octanol–water partition coefficient (Wildman–Crippen LogP) is 5.64. The minimum Gasteiger partial charge on any atom is -0.438 e. The lowest BCUT2D eigenvalue weighted by atomic mass is 10.2. The molecule has 0 radical (unpaired) electrons. The number of halogens is 7. The third-order valence-corrected chi connectivity index (χ3v) is 3.97. The zero-order valence-electron chi connectivity index (χ0n) is 15.5. The largest absolute Gasteiger partial charge is 0.438 e. The fourth-order valence-corrected chi connectivity index (χ4v) is 2.60. The number of aryl methyl sites for hydroxylation is 1. The summed E-state index contributed by atoms with van der Waals surface area (Å²) in [5, 5.41) is 5.40. The first-order valence-corrected chi connectivity index (χ1v) is 8.42. The second-order valence-electron chi connectivity index (χ2n) is 6.24. The molecule has 0 bridgehead atoms. The Kier molecular flexibility index (Phi) is 5.66. The number of rotatable bonds is 4. The van der Waals surface area contributed by atoms with Crippen LogP contribution < -0.4 is 10.1 Å². The van der Waals surface area contributed by atoms with E-state index in [1.54, 1.807) is 0 Å². The number of carbonyl (C=O) groups excluding carboxylic acids is 1. The number of benzene rings is 2. The number of aromatic nitrogens is 2. The second kappa shape index (κ2) is 7.93. The third-order valence-electron chi connectivity index (χ3n) is 3.97. The minimum atomic E-state index is -5.07. The summed E-state index contributed by atoms with van der Waals surface area (Å²) in [4.78, 5) is 12.6. The van der Waals surface area contributed by atoms with Crippen LogP contribution in [-0.4, -0.2) is 15.7 Å². The molecule has 1 aromatic heterocycles. The van der Waals surface area contributed by atoms with Gasteiger partial charge in [0.05, 0.1) is 5.56 Å². The van der Waals surface area contributed by atoms with E-state index < -0.39 is 52.5 Å². The second-order valence-corrected chi connectivity index (χ2v) is 6.24. The summed E-state index contributed by atoms with van der Waals surface area (Å²) < 4.78 is 97.9. The number of nitrogens with one attached hydrogen (secondary N) is 1. The molecule has 1 amide bonds. The van der Waals surface area contributed by atoms with Gasteiger partial charge in [-0.25, -0.2) is 9.07 Å². The van der Waals surface area contributed by atoms with Gasteiger partial charge in [-0.15, -0.1) is 0 Å². The normalized spacial score (nSPS) is 12.0. The molecule has 12 heteroatoms. The number of hydrogen-bond donors (Lipinski definition) is 1. The maximum absolute atomic E-state index is 13.4. The Bertz CT molecular complexity index is 1100. The van der Waals surface area contributed by atoms with E-state index in [-0.39, 0.29) is 5.69 Å². The molecule has 0 unspecified atom stereocenters. The predicted molar refractivity (Wildman–Crippen MR) is 94.1 cm³/mol. The van der Waals surface area contributed by atoms with E-state index in [0.717, 1.165) is 49.5 Å². The minimum absolute atomic E-state index is 0.0200. The van der Waals surface area contributed by atoms with Gasteiger partial charge in [-0.1, -0.05) is 6.07 Å². The molecule has 1 heterocycles. The van der Waals surface area contributed by atoms with Crippen molar-refractivity contribution in [3.05, 3.63) is 71.2 Å². The molecule has 0 atom stereocenters. The smallest absolute Gasteiger partial charge is 0.436 e. The molecular formula is C19H12F7N3O2. The lowest BCUT2D eigenvalue weighted by Gasteiger charge is -2.12. The number of alkyl halides is 6. The number of ether oxygens (including phenoxy) is 1. The number of amides is 1. The Hall–Kier alpha value is -3.57.